The number of benzene rings is 1. The lowest BCUT2D eigenvalue weighted by molar-refractivity contribution is 0.109. The van der Waals surface area contributed by atoms with Crippen LogP contribution in [0, 0.1) is 0 Å². The molecule has 1 aliphatic rings. The molecule has 0 amide bonds. The number of fused-ring (bicyclic) bond motifs is 1. The van der Waals surface area contributed by atoms with Crippen molar-refractivity contribution in [1.29, 1.82) is 0 Å². The van der Waals surface area contributed by atoms with Gasteiger partial charge in [0.2, 0.25) is 5.09 Å². The van der Waals surface area contributed by atoms with Gasteiger partial charge in [0, 0.05) is 13.1 Å². The Balaban J connectivity index is 1.93. The van der Waals surface area contributed by atoms with Gasteiger partial charge in [-0.05, 0) is 23.3 Å². The van der Waals surface area contributed by atoms with E-state index >= 15 is 0 Å². The molecule has 0 saturated carbocycles. The molecule has 0 atom stereocenters. The molecule has 1 aliphatic heterocycles. The molecule has 0 aliphatic carbocycles. The van der Waals surface area contributed by atoms with Crippen molar-refractivity contribution in [3.05, 3.63) is 53.3 Å². The number of carbonyl (C=O) groups is 1. The van der Waals surface area contributed by atoms with E-state index in [4.69, 9.17) is 4.42 Å². The second-order valence-corrected chi connectivity index (χ2v) is 6.19. The molecule has 0 bridgehead atoms. The standard InChI is InChI=1S/C13H11NO4S/c15-9-12-5-6-13(18-12)19(16,17)14-7-10-3-1-2-4-11(10)8-14/h1-6,9H,7-8H2. The van der Waals surface area contributed by atoms with E-state index < -0.39 is 10.0 Å². The fourth-order valence-electron chi connectivity index (χ4n) is 2.14. The van der Waals surface area contributed by atoms with E-state index in [9.17, 15) is 13.2 Å². The zero-order chi connectivity index (χ0) is 13.5. The monoisotopic (exact) mass is 277 g/mol. The largest absolute Gasteiger partial charge is 0.440 e. The van der Waals surface area contributed by atoms with Crippen molar-refractivity contribution in [2.45, 2.75) is 18.2 Å². The number of rotatable bonds is 3. The summed E-state index contributed by atoms with van der Waals surface area (Å²) in [6.07, 6.45) is 0.484. The predicted molar refractivity (Wildman–Crippen MR) is 67.0 cm³/mol. The van der Waals surface area contributed by atoms with Crippen LogP contribution in [0.5, 0.6) is 0 Å². The highest BCUT2D eigenvalue weighted by Gasteiger charge is 2.32. The summed E-state index contributed by atoms with van der Waals surface area (Å²) in [6.45, 7) is 0.658. The first-order valence-corrected chi connectivity index (χ1v) is 7.17. The van der Waals surface area contributed by atoms with Crippen molar-refractivity contribution in [2.24, 2.45) is 0 Å². The number of furan rings is 1. The average Bonchev–Trinajstić information content (AvgIpc) is 3.05. The predicted octanol–water partition coefficient (Wildman–Crippen LogP) is 1.80. The van der Waals surface area contributed by atoms with Crippen LogP contribution in [0.1, 0.15) is 21.7 Å². The third kappa shape index (κ3) is 1.98. The summed E-state index contributed by atoms with van der Waals surface area (Å²) in [5.74, 6) is 0.00952. The van der Waals surface area contributed by atoms with Crippen molar-refractivity contribution >= 4 is 16.3 Å². The minimum atomic E-state index is -3.69. The van der Waals surface area contributed by atoms with E-state index in [2.05, 4.69) is 0 Å². The van der Waals surface area contributed by atoms with Crippen LogP contribution >= 0.6 is 0 Å². The van der Waals surface area contributed by atoms with Crippen molar-refractivity contribution in [3.63, 3.8) is 0 Å². The first kappa shape index (κ1) is 12.1. The quantitative estimate of drug-likeness (QED) is 0.802. The van der Waals surface area contributed by atoms with Gasteiger partial charge in [-0.1, -0.05) is 24.3 Å². The molecule has 1 aromatic heterocycles. The molecular formula is C13H11NO4S. The number of hydrogen-bond acceptors (Lipinski definition) is 4. The van der Waals surface area contributed by atoms with Gasteiger partial charge in [0.1, 0.15) is 0 Å². The van der Waals surface area contributed by atoms with Gasteiger partial charge in [-0.3, -0.25) is 4.79 Å². The topological polar surface area (TPSA) is 67.6 Å². The fraction of sp³-hybridized carbons (Fsp3) is 0.154. The molecule has 0 saturated heterocycles. The van der Waals surface area contributed by atoms with E-state index in [0.29, 0.717) is 19.4 Å². The minimum Gasteiger partial charge on any atom is -0.440 e. The molecule has 5 nitrogen and oxygen atoms in total. The number of hydrogen-bond donors (Lipinski definition) is 0. The van der Waals surface area contributed by atoms with Crippen LogP contribution in [-0.2, 0) is 23.1 Å². The smallest absolute Gasteiger partial charge is 0.277 e. The van der Waals surface area contributed by atoms with Crippen LogP contribution in [0.15, 0.2) is 45.9 Å². The zero-order valence-electron chi connectivity index (χ0n) is 9.94. The van der Waals surface area contributed by atoms with E-state index in [1.54, 1.807) is 0 Å². The Bertz CT molecular complexity index is 708. The maximum Gasteiger partial charge on any atom is 0.277 e. The molecule has 0 fully saturated rings. The van der Waals surface area contributed by atoms with Gasteiger partial charge in [0.25, 0.3) is 10.0 Å². The van der Waals surface area contributed by atoms with Gasteiger partial charge < -0.3 is 4.42 Å². The Morgan fingerprint density at radius 1 is 1.05 bits per heavy atom. The van der Waals surface area contributed by atoms with Gasteiger partial charge in [0.15, 0.2) is 12.0 Å². The molecule has 6 heteroatoms. The second kappa shape index (κ2) is 4.32. The minimum absolute atomic E-state index is 0.00952. The molecule has 0 radical (unpaired) electrons. The highest BCUT2D eigenvalue weighted by Crippen LogP contribution is 2.28. The Hall–Kier alpha value is -1.92. The first-order chi connectivity index (χ1) is 9.11. The molecule has 1 aromatic carbocycles. The van der Waals surface area contributed by atoms with Crippen LogP contribution in [0.25, 0.3) is 0 Å². The van der Waals surface area contributed by atoms with Crippen molar-refractivity contribution in [3.8, 4) is 0 Å². The normalized spacial score (nSPS) is 15.4. The average molecular weight is 277 g/mol. The van der Waals surface area contributed by atoms with Gasteiger partial charge in [0.05, 0.1) is 0 Å². The lowest BCUT2D eigenvalue weighted by Gasteiger charge is -2.12. The number of aldehydes is 1. The van der Waals surface area contributed by atoms with Crippen LogP contribution in [-0.4, -0.2) is 19.0 Å². The number of carbonyl (C=O) groups excluding carboxylic acids is 1. The molecule has 0 N–H and O–H groups in total. The molecular weight excluding hydrogens is 266 g/mol. The molecule has 19 heavy (non-hydrogen) atoms. The summed E-state index contributed by atoms with van der Waals surface area (Å²) in [5, 5.41) is -0.192. The first-order valence-electron chi connectivity index (χ1n) is 5.73. The van der Waals surface area contributed by atoms with E-state index in [0.717, 1.165) is 11.1 Å². The summed E-state index contributed by atoms with van der Waals surface area (Å²) < 4.78 is 31.0. The lowest BCUT2D eigenvalue weighted by atomic mass is 10.1. The van der Waals surface area contributed by atoms with Crippen molar-refractivity contribution < 1.29 is 17.6 Å². The van der Waals surface area contributed by atoms with Crippen LogP contribution in [0.2, 0.25) is 0 Å². The summed E-state index contributed by atoms with van der Waals surface area (Å²) in [4.78, 5) is 10.5. The Kier molecular flexibility index (Phi) is 2.76. The molecule has 2 heterocycles. The Morgan fingerprint density at radius 2 is 1.68 bits per heavy atom. The van der Waals surface area contributed by atoms with Crippen molar-refractivity contribution in [1.82, 2.24) is 4.31 Å². The number of sulfonamides is 1. The zero-order valence-corrected chi connectivity index (χ0v) is 10.8. The maximum absolute atomic E-state index is 12.3. The van der Waals surface area contributed by atoms with Gasteiger partial charge in [-0.25, -0.2) is 8.42 Å². The highest BCUT2D eigenvalue weighted by molar-refractivity contribution is 7.89. The summed E-state index contributed by atoms with van der Waals surface area (Å²) in [6, 6.07) is 10.2. The van der Waals surface area contributed by atoms with Gasteiger partial charge in [-0.2, -0.15) is 4.31 Å². The lowest BCUT2D eigenvalue weighted by Crippen LogP contribution is -2.25. The Labute approximate surface area is 110 Å². The molecule has 0 spiro atoms. The molecule has 2 aromatic rings. The van der Waals surface area contributed by atoms with Crippen LogP contribution < -0.4 is 0 Å². The third-order valence-corrected chi connectivity index (χ3v) is 4.79. The van der Waals surface area contributed by atoms with E-state index in [-0.39, 0.29) is 10.9 Å². The SMILES string of the molecule is O=Cc1ccc(S(=O)(=O)N2Cc3ccccc3C2)o1. The number of nitrogens with zero attached hydrogens (tertiary/aromatic N) is 1. The van der Waals surface area contributed by atoms with E-state index in [1.807, 2.05) is 24.3 Å². The molecule has 3 rings (SSSR count). The second-order valence-electron chi connectivity index (χ2n) is 4.32. The summed E-state index contributed by atoms with van der Waals surface area (Å²) in [5.41, 5.74) is 1.99. The third-order valence-electron chi connectivity index (χ3n) is 3.12. The molecule has 0 unspecified atom stereocenters. The Morgan fingerprint density at radius 3 is 2.21 bits per heavy atom. The highest BCUT2D eigenvalue weighted by atomic mass is 32.2. The molecule has 98 valence electrons. The fourth-order valence-corrected chi connectivity index (χ4v) is 3.45. The van der Waals surface area contributed by atoms with Crippen molar-refractivity contribution in [2.75, 3.05) is 0 Å². The van der Waals surface area contributed by atoms with Crippen LogP contribution in [0.3, 0.4) is 0 Å². The maximum atomic E-state index is 12.3. The van der Waals surface area contributed by atoms with Gasteiger partial charge >= 0.3 is 0 Å². The van der Waals surface area contributed by atoms with E-state index in [1.165, 1.54) is 16.4 Å². The summed E-state index contributed by atoms with van der Waals surface area (Å²) in [7, 11) is -3.69. The van der Waals surface area contributed by atoms with Crippen LogP contribution in [0.4, 0.5) is 0 Å². The summed E-state index contributed by atoms with van der Waals surface area (Å²) >= 11 is 0. The van der Waals surface area contributed by atoms with Gasteiger partial charge in [-0.15, -0.1) is 0 Å².